The fourth-order valence-corrected chi connectivity index (χ4v) is 5.57. The number of rotatable bonds is 3. The number of hydrogen-bond acceptors (Lipinski definition) is 5. The van der Waals surface area contributed by atoms with Crippen LogP contribution in [0.25, 0.3) is 10.2 Å². The molecular formula is C17H16BrN3O2S2. The molecule has 4 rings (SSSR count). The molecule has 0 radical (unpaired) electrons. The van der Waals surface area contributed by atoms with E-state index in [0.29, 0.717) is 31.1 Å². The van der Waals surface area contributed by atoms with Crippen molar-refractivity contribution in [2.24, 2.45) is 0 Å². The fourth-order valence-electron chi connectivity index (χ4n) is 2.87. The van der Waals surface area contributed by atoms with Crippen LogP contribution in [0.2, 0.25) is 0 Å². The van der Waals surface area contributed by atoms with Gasteiger partial charge in [-0.2, -0.15) is 4.31 Å². The van der Waals surface area contributed by atoms with Gasteiger partial charge in [0.1, 0.15) is 0 Å². The van der Waals surface area contributed by atoms with Crippen molar-refractivity contribution in [2.75, 3.05) is 31.1 Å². The maximum atomic E-state index is 12.8. The molecule has 0 N–H and O–H groups in total. The van der Waals surface area contributed by atoms with Gasteiger partial charge in [-0.25, -0.2) is 13.4 Å². The first-order valence-corrected chi connectivity index (χ1v) is 11.0. The number of hydrogen-bond donors (Lipinski definition) is 0. The van der Waals surface area contributed by atoms with Gasteiger partial charge in [0.2, 0.25) is 10.0 Å². The van der Waals surface area contributed by atoms with Gasteiger partial charge < -0.3 is 4.90 Å². The average Bonchev–Trinajstić information content (AvgIpc) is 3.06. The molecule has 2 heterocycles. The van der Waals surface area contributed by atoms with E-state index in [1.807, 2.05) is 18.2 Å². The highest BCUT2D eigenvalue weighted by Gasteiger charge is 2.29. The maximum Gasteiger partial charge on any atom is 0.243 e. The van der Waals surface area contributed by atoms with Crippen LogP contribution in [0.5, 0.6) is 0 Å². The third kappa shape index (κ3) is 3.31. The Balaban J connectivity index is 1.50. The lowest BCUT2D eigenvalue weighted by Crippen LogP contribution is -2.48. The summed E-state index contributed by atoms with van der Waals surface area (Å²) >= 11 is 4.99. The van der Waals surface area contributed by atoms with Crippen LogP contribution in [0.1, 0.15) is 0 Å². The molecule has 130 valence electrons. The van der Waals surface area contributed by atoms with Crippen LogP contribution in [-0.4, -0.2) is 43.9 Å². The Hall–Kier alpha value is -1.48. The summed E-state index contributed by atoms with van der Waals surface area (Å²) in [4.78, 5) is 7.16. The number of anilines is 1. The van der Waals surface area contributed by atoms with Gasteiger partial charge >= 0.3 is 0 Å². The first-order valence-electron chi connectivity index (χ1n) is 7.90. The molecule has 1 aliphatic heterocycles. The predicted molar refractivity (Wildman–Crippen MR) is 105 cm³/mol. The smallest absolute Gasteiger partial charge is 0.243 e. The molecule has 0 unspecified atom stereocenters. The van der Waals surface area contributed by atoms with Crippen LogP contribution in [-0.2, 0) is 10.0 Å². The second-order valence-electron chi connectivity index (χ2n) is 5.81. The van der Waals surface area contributed by atoms with Crippen molar-refractivity contribution >= 4 is 52.6 Å². The number of thiazole rings is 1. The molecule has 1 fully saturated rings. The molecule has 0 saturated carbocycles. The highest BCUT2D eigenvalue weighted by molar-refractivity contribution is 9.10. The molecule has 0 atom stereocenters. The average molecular weight is 438 g/mol. The van der Waals surface area contributed by atoms with E-state index in [4.69, 9.17) is 0 Å². The Morgan fingerprint density at radius 2 is 1.64 bits per heavy atom. The maximum absolute atomic E-state index is 12.8. The summed E-state index contributed by atoms with van der Waals surface area (Å²) in [6.07, 6.45) is 0. The Labute approximate surface area is 159 Å². The highest BCUT2D eigenvalue weighted by Crippen LogP contribution is 2.30. The summed E-state index contributed by atoms with van der Waals surface area (Å²) in [7, 11) is -3.44. The molecule has 3 aromatic rings. The Morgan fingerprint density at radius 1 is 0.960 bits per heavy atom. The number of para-hydroxylation sites is 1. The first kappa shape index (κ1) is 17.0. The van der Waals surface area contributed by atoms with E-state index in [2.05, 4.69) is 31.9 Å². The lowest BCUT2D eigenvalue weighted by atomic mass is 10.3. The topological polar surface area (TPSA) is 53.5 Å². The van der Waals surface area contributed by atoms with Gasteiger partial charge in [0.15, 0.2) is 5.13 Å². The van der Waals surface area contributed by atoms with Crippen LogP contribution in [0.15, 0.2) is 57.9 Å². The first-order chi connectivity index (χ1) is 12.0. The van der Waals surface area contributed by atoms with Crippen molar-refractivity contribution in [1.29, 1.82) is 0 Å². The fraction of sp³-hybridized carbons (Fsp3) is 0.235. The van der Waals surface area contributed by atoms with Gasteiger partial charge in [0, 0.05) is 30.7 Å². The minimum Gasteiger partial charge on any atom is -0.345 e. The number of piperazine rings is 1. The van der Waals surface area contributed by atoms with E-state index >= 15 is 0 Å². The Bertz CT molecular complexity index is 961. The molecule has 25 heavy (non-hydrogen) atoms. The zero-order valence-corrected chi connectivity index (χ0v) is 16.5. The summed E-state index contributed by atoms with van der Waals surface area (Å²) in [5.41, 5.74) is 0.993. The van der Waals surface area contributed by atoms with Crippen LogP contribution in [0.3, 0.4) is 0 Å². The SMILES string of the molecule is O=S(=O)(c1ccc(Br)cc1)N1CCN(c2nc3ccccc3s2)CC1. The minimum absolute atomic E-state index is 0.337. The molecule has 8 heteroatoms. The number of halogens is 1. The van der Waals surface area contributed by atoms with Gasteiger partial charge in [-0.15, -0.1) is 0 Å². The van der Waals surface area contributed by atoms with Gasteiger partial charge in [0.25, 0.3) is 0 Å². The summed E-state index contributed by atoms with van der Waals surface area (Å²) in [5, 5.41) is 0.960. The van der Waals surface area contributed by atoms with Crippen molar-refractivity contribution in [1.82, 2.24) is 9.29 Å². The van der Waals surface area contributed by atoms with Gasteiger partial charge in [0.05, 0.1) is 15.1 Å². The predicted octanol–water partition coefficient (Wildman–Crippen LogP) is 3.57. The van der Waals surface area contributed by atoms with E-state index in [1.54, 1.807) is 39.9 Å². The molecule has 5 nitrogen and oxygen atoms in total. The molecule has 0 spiro atoms. The van der Waals surface area contributed by atoms with Gasteiger partial charge in [-0.1, -0.05) is 39.4 Å². The third-order valence-corrected chi connectivity index (χ3v) is 7.78. The zero-order chi connectivity index (χ0) is 17.4. The number of sulfonamides is 1. The van der Waals surface area contributed by atoms with E-state index in [-0.39, 0.29) is 0 Å². The third-order valence-electron chi connectivity index (χ3n) is 4.24. The number of benzene rings is 2. The quantitative estimate of drug-likeness (QED) is 0.628. The molecular weight excluding hydrogens is 422 g/mol. The highest BCUT2D eigenvalue weighted by atomic mass is 79.9. The molecule has 0 amide bonds. The van der Waals surface area contributed by atoms with Gasteiger partial charge in [-0.3, -0.25) is 0 Å². The van der Waals surface area contributed by atoms with Crippen molar-refractivity contribution < 1.29 is 8.42 Å². The molecule has 0 bridgehead atoms. The summed E-state index contributed by atoms with van der Waals surface area (Å²) in [6.45, 7) is 2.23. The molecule has 0 aliphatic carbocycles. The normalized spacial score (nSPS) is 16.4. The van der Waals surface area contributed by atoms with Crippen LogP contribution < -0.4 is 4.90 Å². The van der Waals surface area contributed by atoms with Gasteiger partial charge in [-0.05, 0) is 36.4 Å². The van der Waals surface area contributed by atoms with E-state index in [0.717, 1.165) is 19.8 Å². The summed E-state index contributed by atoms with van der Waals surface area (Å²) in [5.74, 6) is 0. The number of fused-ring (bicyclic) bond motifs is 1. The monoisotopic (exact) mass is 437 g/mol. The van der Waals surface area contributed by atoms with Crippen molar-refractivity contribution in [2.45, 2.75) is 4.90 Å². The second-order valence-corrected chi connectivity index (χ2v) is 9.67. The second kappa shape index (κ2) is 6.68. The molecule has 1 aromatic heterocycles. The van der Waals surface area contributed by atoms with E-state index < -0.39 is 10.0 Å². The number of nitrogens with zero attached hydrogens (tertiary/aromatic N) is 3. The minimum atomic E-state index is -3.44. The molecule has 1 saturated heterocycles. The van der Waals surface area contributed by atoms with Crippen molar-refractivity contribution in [3.63, 3.8) is 0 Å². The lowest BCUT2D eigenvalue weighted by Gasteiger charge is -2.33. The summed E-state index contributed by atoms with van der Waals surface area (Å²) < 4.78 is 29.1. The van der Waals surface area contributed by atoms with Crippen LogP contribution in [0, 0.1) is 0 Å². The summed E-state index contributed by atoms with van der Waals surface area (Å²) in [6, 6.07) is 14.8. The van der Waals surface area contributed by atoms with Crippen LogP contribution >= 0.6 is 27.3 Å². The van der Waals surface area contributed by atoms with Crippen LogP contribution in [0.4, 0.5) is 5.13 Å². The lowest BCUT2D eigenvalue weighted by molar-refractivity contribution is 0.385. The standard InChI is InChI=1S/C17H16BrN3O2S2/c18-13-5-7-14(8-6-13)25(22,23)21-11-9-20(10-12-21)17-19-15-3-1-2-4-16(15)24-17/h1-8H,9-12H2. The largest absolute Gasteiger partial charge is 0.345 e. The van der Waals surface area contributed by atoms with Crippen molar-refractivity contribution in [3.05, 3.63) is 53.0 Å². The zero-order valence-electron chi connectivity index (χ0n) is 13.3. The molecule has 2 aromatic carbocycles. The molecule has 1 aliphatic rings. The van der Waals surface area contributed by atoms with Crippen molar-refractivity contribution in [3.8, 4) is 0 Å². The van der Waals surface area contributed by atoms with E-state index in [1.165, 1.54) is 0 Å². The number of aromatic nitrogens is 1. The van der Waals surface area contributed by atoms with E-state index in [9.17, 15) is 8.42 Å². The Morgan fingerprint density at radius 3 is 2.32 bits per heavy atom. The Kier molecular flexibility index (Phi) is 4.53.